The summed E-state index contributed by atoms with van der Waals surface area (Å²) in [6, 6.07) is 6.10. The van der Waals surface area contributed by atoms with Crippen LogP contribution in [0.1, 0.15) is 78.7 Å². The average molecular weight is 408 g/mol. The van der Waals surface area contributed by atoms with Crippen molar-refractivity contribution < 1.29 is 14.6 Å². The molecule has 0 fully saturated rings. The molecule has 1 rings (SSSR count). The molecule has 0 amide bonds. The minimum absolute atomic E-state index is 0.00110. The molecular weight excluding hydrogens is 362 g/mol. The Morgan fingerprint density at radius 2 is 1.69 bits per heavy atom. The fraction of sp³-hybridized carbons (Fsp3) is 0.760. The van der Waals surface area contributed by atoms with Crippen LogP contribution in [0.5, 0.6) is 11.5 Å². The Bertz CT molecular complexity index is 573. The van der Waals surface area contributed by atoms with Crippen LogP contribution in [0.2, 0.25) is 0 Å². The second-order valence-electron chi connectivity index (χ2n) is 9.45. The number of nitrogens with two attached hydrogens (primary N) is 1. The second kappa shape index (κ2) is 13.1. The van der Waals surface area contributed by atoms with Crippen molar-refractivity contribution in [2.24, 2.45) is 23.5 Å². The molecule has 168 valence electrons. The lowest BCUT2D eigenvalue weighted by atomic mass is 9.83. The normalized spacial score (nSPS) is 14.8. The number of hydrogen-bond acceptors (Lipinski definition) is 4. The summed E-state index contributed by atoms with van der Waals surface area (Å²) in [5.74, 6) is 3.35. The summed E-state index contributed by atoms with van der Waals surface area (Å²) >= 11 is 0. The van der Waals surface area contributed by atoms with Crippen LogP contribution in [0.4, 0.5) is 0 Å². The fourth-order valence-electron chi connectivity index (χ4n) is 3.55. The maximum absolute atomic E-state index is 9.64. The number of aryl methyl sites for hydroxylation is 1. The fourth-order valence-corrected chi connectivity index (χ4v) is 3.55. The van der Waals surface area contributed by atoms with Crippen LogP contribution in [0, 0.1) is 17.8 Å². The van der Waals surface area contributed by atoms with Crippen molar-refractivity contribution in [3.8, 4) is 11.5 Å². The van der Waals surface area contributed by atoms with Gasteiger partial charge in [0, 0.05) is 5.54 Å². The van der Waals surface area contributed by atoms with Crippen LogP contribution >= 0.6 is 0 Å². The highest BCUT2D eigenvalue weighted by atomic mass is 16.5. The Labute approximate surface area is 179 Å². The number of rotatable bonds is 15. The average Bonchev–Trinajstić information content (AvgIpc) is 2.69. The summed E-state index contributed by atoms with van der Waals surface area (Å²) in [5, 5.41) is 9.64. The molecule has 0 aliphatic heterocycles. The van der Waals surface area contributed by atoms with Gasteiger partial charge < -0.3 is 20.3 Å². The molecule has 2 atom stereocenters. The Morgan fingerprint density at radius 3 is 2.28 bits per heavy atom. The molecule has 1 unspecified atom stereocenters. The van der Waals surface area contributed by atoms with Gasteiger partial charge in [-0.1, -0.05) is 59.9 Å². The van der Waals surface area contributed by atoms with E-state index in [-0.39, 0.29) is 12.5 Å². The number of benzene rings is 1. The molecule has 0 saturated heterocycles. The Morgan fingerprint density at radius 1 is 1.00 bits per heavy atom. The summed E-state index contributed by atoms with van der Waals surface area (Å²) in [6.07, 6.45) is 7.76. The lowest BCUT2D eigenvalue weighted by molar-refractivity contribution is 0.146. The number of hydrogen-bond donors (Lipinski definition) is 2. The molecule has 0 heterocycles. The van der Waals surface area contributed by atoms with Gasteiger partial charge in [0.1, 0.15) is 0 Å². The van der Waals surface area contributed by atoms with E-state index >= 15 is 0 Å². The largest absolute Gasteiger partial charge is 0.493 e. The molecule has 0 radical (unpaired) electrons. The zero-order chi connectivity index (χ0) is 21.9. The third-order valence-electron chi connectivity index (χ3n) is 6.13. The first-order chi connectivity index (χ1) is 13.7. The number of aliphatic hydroxyl groups is 1. The molecule has 1 aromatic carbocycles. The van der Waals surface area contributed by atoms with E-state index in [9.17, 15) is 5.11 Å². The highest BCUT2D eigenvalue weighted by Gasteiger charge is 2.27. The zero-order valence-electron chi connectivity index (χ0n) is 19.7. The van der Waals surface area contributed by atoms with Crippen LogP contribution in [0.25, 0.3) is 0 Å². The van der Waals surface area contributed by atoms with Gasteiger partial charge in [-0.2, -0.15) is 0 Å². The quantitative estimate of drug-likeness (QED) is 0.372. The highest BCUT2D eigenvalue weighted by Crippen LogP contribution is 2.30. The molecular formula is C25H45NO3. The maximum atomic E-state index is 9.64. The van der Waals surface area contributed by atoms with E-state index in [1.165, 1.54) is 25.7 Å². The van der Waals surface area contributed by atoms with Crippen molar-refractivity contribution in [2.45, 2.75) is 85.1 Å². The molecule has 0 saturated carbocycles. The zero-order valence-corrected chi connectivity index (χ0v) is 19.7. The van der Waals surface area contributed by atoms with Crippen molar-refractivity contribution >= 4 is 0 Å². The standard InChI is InChI=1S/C25H45NO3/c1-19(2)9-7-10-21(5)11-8-16-29-23-13-12-22(17-24(23)28-6)14-15-25(26,18-27)20(3)4/h12-13,17,19-21,27H,7-11,14-16,18,26H2,1-6H3/t21?,25-/m1/s1. The number of ether oxygens (including phenoxy) is 2. The Kier molecular flexibility index (Phi) is 11.7. The molecule has 4 heteroatoms. The van der Waals surface area contributed by atoms with E-state index in [1.807, 2.05) is 12.1 Å². The first-order valence-corrected chi connectivity index (χ1v) is 11.4. The third kappa shape index (κ3) is 9.39. The molecule has 29 heavy (non-hydrogen) atoms. The molecule has 0 aliphatic carbocycles. The topological polar surface area (TPSA) is 64.7 Å². The summed E-state index contributed by atoms with van der Waals surface area (Å²) < 4.78 is 11.5. The first kappa shape index (κ1) is 25.8. The highest BCUT2D eigenvalue weighted by molar-refractivity contribution is 5.43. The van der Waals surface area contributed by atoms with Crippen molar-refractivity contribution in [3.63, 3.8) is 0 Å². The van der Waals surface area contributed by atoms with Crippen LogP contribution in [-0.4, -0.2) is 31.0 Å². The van der Waals surface area contributed by atoms with Gasteiger partial charge in [-0.3, -0.25) is 0 Å². The van der Waals surface area contributed by atoms with Crippen LogP contribution in [0.3, 0.4) is 0 Å². The third-order valence-corrected chi connectivity index (χ3v) is 6.13. The maximum Gasteiger partial charge on any atom is 0.161 e. The SMILES string of the molecule is COc1cc(CC[C@@](N)(CO)C(C)C)ccc1OCCCC(C)CCCC(C)C. The van der Waals surface area contributed by atoms with Crippen molar-refractivity contribution in [3.05, 3.63) is 23.8 Å². The van der Waals surface area contributed by atoms with E-state index in [4.69, 9.17) is 15.2 Å². The molecule has 3 N–H and O–H groups in total. The summed E-state index contributed by atoms with van der Waals surface area (Å²) in [6.45, 7) is 11.8. The van der Waals surface area contributed by atoms with Gasteiger partial charge in [0.25, 0.3) is 0 Å². The van der Waals surface area contributed by atoms with Gasteiger partial charge in [-0.15, -0.1) is 0 Å². The van der Waals surface area contributed by atoms with Crippen molar-refractivity contribution in [1.29, 1.82) is 0 Å². The summed E-state index contributed by atoms with van der Waals surface area (Å²) in [4.78, 5) is 0. The Hall–Kier alpha value is -1.26. The molecule has 0 aliphatic rings. The molecule has 0 spiro atoms. The summed E-state index contributed by atoms with van der Waals surface area (Å²) in [5.41, 5.74) is 6.94. The van der Waals surface area contributed by atoms with Crippen LogP contribution < -0.4 is 15.2 Å². The van der Waals surface area contributed by atoms with Gasteiger partial charge in [0.15, 0.2) is 11.5 Å². The Balaban J connectivity index is 2.47. The minimum Gasteiger partial charge on any atom is -0.493 e. The molecule has 1 aromatic rings. The molecule has 0 aromatic heterocycles. The van der Waals surface area contributed by atoms with Gasteiger partial charge in [-0.25, -0.2) is 0 Å². The predicted molar refractivity (Wildman–Crippen MR) is 123 cm³/mol. The van der Waals surface area contributed by atoms with Crippen molar-refractivity contribution in [1.82, 2.24) is 0 Å². The van der Waals surface area contributed by atoms with E-state index in [2.05, 4.69) is 40.7 Å². The van der Waals surface area contributed by atoms with Crippen molar-refractivity contribution in [2.75, 3.05) is 20.3 Å². The molecule has 0 bridgehead atoms. The molecule has 4 nitrogen and oxygen atoms in total. The summed E-state index contributed by atoms with van der Waals surface area (Å²) in [7, 11) is 1.68. The lowest BCUT2D eigenvalue weighted by Crippen LogP contribution is -2.48. The van der Waals surface area contributed by atoms with Gasteiger partial charge in [0.05, 0.1) is 20.3 Å². The van der Waals surface area contributed by atoms with E-state index < -0.39 is 5.54 Å². The van der Waals surface area contributed by atoms with E-state index in [0.717, 1.165) is 48.2 Å². The predicted octanol–water partition coefficient (Wildman–Crippen LogP) is 5.60. The van der Waals surface area contributed by atoms with E-state index in [1.54, 1.807) is 7.11 Å². The number of methoxy groups -OCH3 is 1. The van der Waals surface area contributed by atoms with Gasteiger partial charge in [0.2, 0.25) is 0 Å². The number of aliphatic hydroxyl groups excluding tert-OH is 1. The second-order valence-corrected chi connectivity index (χ2v) is 9.45. The smallest absolute Gasteiger partial charge is 0.161 e. The van der Waals surface area contributed by atoms with Gasteiger partial charge >= 0.3 is 0 Å². The van der Waals surface area contributed by atoms with Gasteiger partial charge in [-0.05, 0) is 61.1 Å². The van der Waals surface area contributed by atoms with Crippen LogP contribution in [0.15, 0.2) is 18.2 Å². The minimum atomic E-state index is -0.547. The van der Waals surface area contributed by atoms with E-state index in [0.29, 0.717) is 6.61 Å². The monoisotopic (exact) mass is 407 g/mol. The van der Waals surface area contributed by atoms with Crippen LogP contribution in [-0.2, 0) is 6.42 Å². The first-order valence-electron chi connectivity index (χ1n) is 11.4. The lowest BCUT2D eigenvalue weighted by Gasteiger charge is -2.31.